The minimum atomic E-state index is -0.697. The fourth-order valence-electron chi connectivity index (χ4n) is 5.22. The lowest BCUT2D eigenvalue weighted by atomic mass is 9.53. The summed E-state index contributed by atoms with van der Waals surface area (Å²) in [5, 5.41) is 30.3. The number of phenolic OH excluding ortho intramolecular Hbond substituents is 1. The molecule has 118 valence electrons. The van der Waals surface area contributed by atoms with Crippen LogP contribution in [0.15, 0.2) is 22.7 Å². The second-order valence-corrected chi connectivity index (χ2v) is 7.71. The molecule has 4 aliphatic rings. The normalized spacial score (nSPS) is 38.7. The Balaban J connectivity index is 1.85. The molecule has 5 nitrogen and oxygen atoms in total. The Morgan fingerprint density at radius 3 is 3.04 bits per heavy atom. The number of rotatable bonds is 0. The van der Waals surface area contributed by atoms with Gasteiger partial charge in [-0.25, -0.2) is 0 Å². The Kier molecular flexibility index (Phi) is 2.52. The van der Waals surface area contributed by atoms with Gasteiger partial charge in [0.05, 0.1) is 6.04 Å². The molecule has 1 saturated heterocycles. The zero-order chi connectivity index (χ0) is 15.9. The van der Waals surface area contributed by atoms with Crippen molar-refractivity contribution in [3.8, 4) is 17.7 Å². The molecule has 2 aliphatic heterocycles. The minimum absolute atomic E-state index is 0.0721. The lowest BCUT2D eigenvalue weighted by Gasteiger charge is -2.55. The van der Waals surface area contributed by atoms with Crippen molar-refractivity contribution in [1.29, 1.82) is 5.26 Å². The largest absolute Gasteiger partial charge is 0.504 e. The van der Waals surface area contributed by atoms with E-state index in [1.807, 2.05) is 4.90 Å². The quantitative estimate of drug-likeness (QED) is 0.534. The number of hydrogen-bond acceptors (Lipinski definition) is 5. The Morgan fingerprint density at radius 1 is 1.43 bits per heavy atom. The van der Waals surface area contributed by atoms with E-state index in [1.165, 1.54) is 0 Å². The van der Waals surface area contributed by atoms with E-state index < -0.39 is 12.2 Å². The first kappa shape index (κ1) is 13.7. The number of nitriles is 1. The fraction of sp³-hybridized carbons (Fsp3) is 0.471. The van der Waals surface area contributed by atoms with Crippen LogP contribution >= 0.6 is 15.9 Å². The van der Waals surface area contributed by atoms with Crippen LogP contribution in [0.5, 0.6) is 11.5 Å². The van der Waals surface area contributed by atoms with E-state index in [-0.39, 0.29) is 23.1 Å². The maximum Gasteiger partial charge on any atom is 0.179 e. The molecule has 2 heterocycles. The van der Waals surface area contributed by atoms with Gasteiger partial charge in [-0.1, -0.05) is 28.1 Å². The van der Waals surface area contributed by atoms with Crippen LogP contribution in [0.3, 0.4) is 0 Å². The summed E-state index contributed by atoms with van der Waals surface area (Å²) in [7, 11) is 0. The van der Waals surface area contributed by atoms with E-state index in [0.717, 1.165) is 28.4 Å². The van der Waals surface area contributed by atoms with Gasteiger partial charge in [0.25, 0.3) is 0 Å². The van der Waals surface area contributed by atoms with Crippen molar-refractivity contribution in [3.05, 3.63) is 33.8 Å². The van der Waals surface area contributed by atoms with E-state index >= 15 is 0 Å². The zero-order valence-corrected chi connectivity index (χ0v) is 13.8. The molecule has 6 heteroatoms. The molecule has 0 amide bonds. The van der Waals surface area contributed by atoms with E-state index in [1.54, 1.807) is 12.1 Å². The van der Waals surface area contributed by atoms with Crippen molar-refractivity contribution in [3.63, 3.8) is 0 Å². The minimum Gasteiger partial charge on any atom is -0.504 e. The van der Waals surface area contributed by atoms with Crippen molar-refractivity contribution in [2.75, 3.05) is 6.54 Å². The van der Waals surface area contributed by atoms with Crippen molar-refractivity contribution < 1.29 is 14.9 Å². The summed E-state index contributed by atoms with van der Waals surface area (Å²) < 4.78 is 6.92. The van der Waals surface area contributed by atoms with Crippen LogP contribution in [0.1, 0.15) is 17.5 Å². The molecule has 5 rings (SSSR count). The summed E-state index contributed by atoms with van der Waals surface area (Å²) in [6, 6.07) is 1.73. The molecule has 1 aromatic carbocycles. The number of nitrogens with zero attached hydrogens (tertiary/aromatic N) is 2. The first-order valence-corrected chi connectivity index (χ1v) is 8.61. The fourth-order valence-corrected chi connectivity index (χ4v) is 5.80. The molecule has 2 N–H and O–H groups in total. The first-order chi connectivity index (χ1) is 11.1. The molecular formula is C17H15BrN2O3. The van der Waals surface area contributed by atoms with Crippen LogP contribution in [-0.2, 0) is 11.8 Å². The van der Waals surface area contributed by atoms with Crippen molar-refractivity contribution in [2.45, 2.75) is 36.5 Å². The maximum atomic E-state index is 10.5. The summed E-state index contributed by atoms with van der Waals surface area (Å²) in [5.74, 6) is 0.753. The van der Waals surface area contributed by atoms with Gasteiger partial charge in [0.2, 0.25) is 0 Å². The number of aliphatic hydroxyl groups excluding tert-OH is 1. The molecule has 2 bridgehead atoms. The Morgan fingerprint density at radius 2 is 2.26 bits per heavy atom. The summed E-state index contributed by atoms with van der Waals surface area (Å²) in [6.07, 6.45) is 6.54. The lowest BCUT2D eigenvalue weighted by Crippen LogP contribution is -2.64. The Labute approximate surface area is 141 Å². The van der Waals surface area contributed by atoms with Crippen molar-refractivity contribution >= 4 is 15.9 Å². The topological polar surface area (TPSA) is 76.7 Å². The van der Waals surface area contributed by atoms with Crippen LogP contribution in [0.25, 0.3) is 0 Å². The average Bonchev–Trinajstić information content (AvgIpc) is 2.87. The third-order valence-electron chi connectivity index (χ3n) is 6.07. The monoisotopic (exact) mass is 374 g/mol. The van der Waals surface area contributed by atoms with Crippen molar-refractivity contribution in [2.24, 2.45) is 5.92 Å². The molecule has 0 unspecified atom stereocenters. The smallest absolute Gasteiger partial charge is 0.179 e. The number of benzene rings is 1. The number of piperidine rings is 1. The van der Waals surface area contributed by atoms with Gasteiger partial charge in [-0.3, -0.25) is 0 Å². The third kappa shape index (κ3) is 1.41. The second kappa shape index (κ2) is 4.22. The molecule has 1 fully saturated rings. The number of likely N-dealkylation sites (tertiary alicyclic amines) is 1. The second-order valence-electron chi connectivity index (χ2n) is 6.86. The third-order valence-corrected chi connectivity index (χ3v) is 6.78. The number of halogens is 1. The highest BCUT2D eigenvalue weighted by Gasteiger charge is 2.65. The maximum absolute atomic E-state index is 10.5. The Hall–Kier alpha value is -1.71. The van der Waals surface area contributed by atoms with Crippen LogP contribution in [0.2, 0.25) is 0 Å². The van der Waals surface area contributed by atoms with Crippen LogP contribution < -0.4 is 4.74 Å². The zero-order valence-electron chi connectivity index (χ0n) is 12.2. The molecule has 0 saturated carbocycles. The lowest BCUT2D eigenvalue weighted by molar-refractivity contribution is -0.0389. The van der Waals surface area contributed by atoms with Gasteiger partial charge < -0.3 is 19.8 Å². The number of phenols is 1. The number of hydrogen-bond donors (Lipinski definition) is 2. The molecule has 2 aliphatic carbocycles. The molecule has 1 spiro atoms. The van der Waals surface area contributed by atoms with Gasteiger partial charge in [0.1, 0.15) is 12.2 Å². The van der Waals surface area contributed by atoms with Gasteiger partial charge in [-0.15, -0.1) is 0 Å². The number of aliphatic hydroxyl groups is 1. The highest BCUT2D eigenvalue weighted by atomic mass is 79.9. The summed E-state index contributed by atoms with van der Waals surface area (Å²) >= 11 is 3.57. The molecular weight excluding hydrogens is 360 g/mol. The van der Waals surface area contributed by atoms with Gasteiger partial charge in [-0.05, 0) is 24.5 Å². The summed E-state index contributed by atoms with van der Waals surface area (Å²) in [5.41, 5.74) is 1.79. The molecule has 0 aromatic heterocycles. The van der Waals surface area contributed by atoms with Gasteiger partial charge in [0.15, 0.2) is 17.7 Å². The number of ether oxygens (including phenoxy) is 1. The van der Waals surface area contributed by atoms with Crippen LogP contribution in [0.4, 0.5) is 0 Å². The van der Waals surface area contributed by atoms with E-state index in [9.17, 15) is 15.5 Å². The predicted octanol–water partition coefficient (Wildman–Crippen LogP) is 1.81. The highest BCUT2D eigenvalue weighted by molar-refractivity contribution is 9.10. The van der Waals surface area contributed by atoms with Crippen LogP contribution in [0, 0.1) is 17.4 Å². The molecule has 0 radical (unpaired) electrons. The van der Waals surface area contributed by atoms with E-state index in [2.05, 4.69) is 28.2 Å². The Bertz CT molecular complexity index is 802. The molecule has 23 heavy (non-hydrogen) atoms. The van der Waals surface area contributed by atoms with Crippen molar-refractivity contribution in [1.82, 2.24) is 4.90 Å². The average molecular weight is 375 g/mol. The SMILES string of the molecule is N#CN1CC[C@]23c4c5c(Br)cc(O)c4O[C@H]2[C@@H](O)C=C[C@H]3[C@H]1C5. The van der Waals surface area contributed by atoms with Crippen LogP contribution in [-0.4, -0.2) is 39.9 Å². The number of aromatic hydroxyl groups is 1. The summed E-state index contributed by atoms with van der Waals surface area (Å²) in [6.45, 7) is 0.657. The van der Waals surface area contributed by atoms with E-state index in [0.29, 0.717) is 12.3 Å². The summed E-state index contributed by atoms with van der Waals surface area (Å²) in [4.78, 5) is 1.86. The van der Waals surface area contributed by atoms with Gasteiger partial charge in [-0.2, -0.15) is 5.26 Å². The van der Waals surface area contributed by atoms with Gasteiger partial charge in [0, 0.05) is 27.9 Å². The predicted molar refractivity (Wildman–Crippen MR) is 85.0 cm³/mol. The highest BCUT2D eigenvalue weighted by Crippen LogP contribution is 2.63. The van der Waals surface area contributed by atoms with E-state index in [4.69, 9.17) is 4.74 Å². The molecule has 5 atom stereocenters. The molecule has 1 aromatic rings. The van der Waals surface area contributed by atoms with Gasteiger partial charge >= 0.3 is 0 Å². The standard InChI is InChI=1S/C17H15BrN2O3/c18-10-6-13(22)15-14-8(10)5-11-9-1-2-12(21)16(23-15)17(9,14)3-4-20(11)7-19/h1-2,6,9,11-12,16,21-22H,3-5H2/t9-,11+,12-,16-,17-/m0/s1. The first-order valence-electron chi connectivity index (χ1n) is 7.82.